The topological polar surface area (TPSA) is 95.9 Å². The van der Waals surface area contributed by atoms with Gasteiger partial charge < -0.3 is 20.1 Å². The summed E-state index contributed by atoms with van der Waals surface area (Å²) in [5.74, 6) is -0.944. The van der Waals surface area contributed by atoms with Gasteiger partial charge in [0.2, 0.25) is 5.91 Å². The normalized spacial score (nSPS) is 21.8. The molecule has 184 valence electrons. The predicted molar refractivity (Wildman–Crippen MR) is 131 cm³/mol. The summed E-state index contributed by atoms with van der Waals surface area (Å²) in [4.78, 5) is 38.5. The Hall–Kier alpha value is -3.35. The van der Waals surface area contributed by atoms with Gasteiger partial charge in [-0.25, -0.2) is 4.79 Å². The molecule has 1 saturated heterocycles. The van der Waals surface area contributed by atoms with Crippen LogP contribution in [0, 0.1) is 23.7 Å². The molecule has 3 unspecified atom stereocenters. The number of amides is 2. The SMILES string of the molecule is CC1CN(C(=O)CC(CNC(=O)OCC2c3ccccc3-c3ccccc32)C2CC2)CC1C(=O)O. The number of likely N-dealkylation sites (tertiary alicyclic amines) is 1. The Kier molecular flexibility index (Phi) is 6.50. The van der Waals surface area contributed by atoms with Crippen LogP contribution in [-0.4, -0.2) is 54.2 Å². The predicted octanol–water partition coefficient (Wildman–Crippen LogP) is 4.12. The molecule has 5 rings (SSSR count). The van der Waals surface area contributed by atoms with Gasteiger partial charge in [0.15, 0.2) is 0 Å². The summed E-state index contributed by atoms with van der Waals surface area (Å²) in [7, 11) is 0. The molecule has 2 amide bonds. The molecule has 2 aliphatic carbocycles. The molecule has 1 aliphatic heterocycles. The Labute approximate surface area is 205 Å². The lowest BCUT2D eigenvalue weighted by molar-refractivity contribution is -0.142. The summed E-state index contributed by atoms with van der Waals surface area (Å²) >= 11 is 0. The van der Waals surface area contributed by atoms with E-state index in [2.05, 4.69) is 29.6 Å². The minimum atomic E-state index is -0.844. The summed E-state index contributed by atoms with van der Waals surface area (Å²) in [6.07, 6.45) is 1.97. The van der Waals surface area contributed by atoms with Crippen molar-refractivity contribution in [2.45, 2.75) is 32.1 Å². The van der Waals surface area contributed by atoms with Gasteiger partial charge in [-0.2, -0.15) is 0 Å². The van der Waals surface area contributed by atoms with Crippen LogP contribution < -0.4 is 5.32 Å². The van der Waals surface area contributed by atoms with Crippen LogP contribution in [0.15, 0.2) is 48.5 Å². The van der Waals surface area contributed by atoms with Crippen LogP contribution in [0.1, 0.15) is 43.2 Å². The Bertz CT molecular complexity index is 1080. The van der Waals surface area contributed by atoms with Gasteiger partial charge in [-0.3, -0.25) is 9.59 Å². The van der Waals surface area contributed by atoms with Gasteiger partial charge in [-0.1, -0.05) is 55.5 Å². The summed E-state index contributed by atoms with van der Waals surface area (Å²) in [5.41, 5.74) is 4.71. The maximum Gasteiger partial charge on any atom is 0.407 e. The van der Waals surface area contributed by atoms with Crippen LogP contribution in [0.4, 0.5) is 4.79 Å². The van der Waals surface area contributed by atoms with Crippen LogP contribution in [0.2, 0.25) is 0 Å². The molecule has 2 N–H and O–H groups in total. The second kappa shape index (κ2) is 9.72. The quantitative estimate of drug-likeness (QED) is 0.598. The van der Waals surface area contributed by atoms with Gasteiger partial charge >= 0.3 is 12.1 Å². The number of aliphatic carboxylic acids is 1. The highest BCUT2D eigenvalue weighted by atomic mass is 16.5. The molecule has 2 fully saturated rings. The minimum absolute atomic E-state index is 0.00768. The highest BCUT2D eigenvalue weighted by Crippen LogP contribution is 2.44. The van der Waals surface area contributed by atoms with E-state index in [-0.39, 0.29) is 36.8 Å². The van der Waals surface area contributed by atoms with Gasteiger partial charge in [0.05, 0.1) is 5.92 Å². The Balaban J connectivity index is 1.14. The number of nitrogens with one attached hydrogen (secondary N) is 1. The first kappa shape index (κ1) is 23.4. The van der Waals surface area contributed by atoms with Gasteiger partial charge in [0.25, 0.3) is 0 Å². The Morgan fingerprint density at radius 1 is 1.03 bits per heavy atom. The standard InChI is InChI=1S/C28H32N2O5/c1-17-14-30(15-24(17)27(32)33)26(31)12-19(18-10-11-18)13-29-28(34)35-16-25-22-8-4-2-6-20(22)21-7-3-5-9-23(21)25/h2-9,17-19,24-25H,10-16H2,1H3,(H,29,34)(H,32,33). The molecule has 3 aliphatic rings. The first-order valence-corrected chi connectivity index (χ1v) is 12.5. The molecule has 0 bridgehead atoms. The van der Waals surface area contributed by atoms with E-state index >= 15 is 0 Å². The number of hydrogen-bond donors (Lipinski definition) is 2. The van der Waals surface area contributed by atoms with Crippen LogP contribution in [0.3, 0.4) is 0 Å². The number of carbonyl (C=O) groups excluding carboxylic acids is 2. The summed E-state index contributed by atoms with van der Waals surface area (Å²) in [6.45, 7) is 3.27. The van der Waals surface area contributed by atoms with Crippen molar-refractivity contribution >= 4 is 18.0 Å². The van der Waals surface area contributed by atoms with Gasteiger partial charge in [0.1, 0.15) is 6.61 Å². The molecule has 0 spiro atoms. The van der Waals surface area contributed by atoms with Crippen molar-refractivity contribution in [3.05, 3.63) is 59.7 Å². The van der Waals surface area contributed by atoms with Crippen molar-refractivity contribution in [1.82, 2.24) is 10.2 Å². The smallest absolute Gasteiger partial charge is 0.407 e. The number of nitrogens with zero attached hydrogens (tertiary/aromatic N) is 1. The van der Waals surface area contributed by atoms with E-state index in [1.54, 1.807) is 4.90 Å². The summed E-state index contributed by atoms with van der Waals surface area (Å²) < 4.78 is 5.64. The lowest BCUT2D eigenvalue weighted by Crippen LogP contribution is -2.36. The van der Waals surface area contributed by atoms with Gasteiger partial charge in [-0.15, -0.1) is 0 Å². The third kappa shape index (κ3) is 4.90. The number of benzene rings is 2. The third-order valence-electron chi connectivity index (χ3n) is 7.86. The molecule has 0 radical (unpaired) electrons. The molecule has 2 aromatic rings. The maximum absolute atomic E-state index is 12.9. The fourth-order valence-corrected chi connectivity index (χ4v) is 5.68. The molecule has 7 nitrogen and oxygen atoms in total. The van der Waals surface area contributed by atoms with Crippen LogP contribution in [0.25, 0.3) is 11.1 Å². The van der Waals surface area contributed by atoms with Crippen LogP contribution in [-0.2, 0) is 14.3 Å². The van der Waals surface area contributed by atoms with Crippen molar-refractivity contribution in [3.8, 4) is 11.1 Å². The molecule has 3 atom stereocenters. The number of rotatable bonds is 8. The number of alkyl carbamates (subject to hydrolysis) is 1. The van der Waals surface area contributed by atoms with E-state index in [1.165, 1.54) is 22.3 Å². The molecule has 1 saturated carbocycles. The minimum Gasteiger partial charge on any atom is -0.481 e. The zero-order valence-corrected chi connectivity index (χ0v) is 20.0. The Morgan fingerprint density at radius 2 is 1.66 bits per heavy atom. The second-order valence-corrected chi connectivity index (χ2v) is 10.2. The second-order valence-electron chi connectivity index (χ2n) is 10.2. The van der Waals surface area contributed by atoms with Crippen molar-refractivity contribution in [2.75, 3.05) is 26.2 Å². The highest BCUT2D eigenvalue weighted by molar-refractivity contribution is 5.80. The van der Waals surface area contributed by atoms with E-state index < -0.39 is 18.0 Å². The largest absolute Gasteiger partial charge is 0.481 e. The van der Waals surface area contributed by atoms with Crippen molar-refractivity contribution in [2.24, 2.45) is 23.7 Å². The van der Waals surface area contributed by atoms with E-state index in [0.717, 1.165) is 12.8 Å². The van der Waals surface area contributed by atoms with E-state index in [1.807, 2.05) is 31.2 Å². The summed E-state index contributed by atoms with van der Waals surface area (Å²) in [6, 6.07) is 16.4. The fraction of sp³-hybridized carbons (Fsp3) is 0.464. The van der Waals surface area contributed by atoms with E-state index in [0.29, 0.717) is 25.4 Å². The van der Waals surface area contributed by atoms with Crippen LogP contribution >= 0.6 is 0 Å². The molecule has 2 aromatic carbocycles. The van der Waals surface area contributed by atoms with E-state index in [9.17, 15) is 19.5 Å². The fourth-order valence-electron chi connectivity index (χ4n) is 5.68. The third-order valence-corrected chi connectivity index (χ3v) is 7.86. The first-order valence-electron chi connectivity index (χ1n) is 12.5. The average molecular weight is 477 g/mol. The van der Waals surface area contributed by atoms with Gasteiger partial charge in [0, 0.05) is 32.0 Å². The monoisotopic (exact) mass is 476 g/mol. The maximum atomic E-state index is 12.9. The van der Waals surface area contributed by atoms with Crippen molar-refractivity contribution < 1.29 is 24.2 Å². The molecule has 35 heavy (non-hydrogen) atoms. The molecular formula is C28H32N2O5. The van der Waals surface area contributed by atoms with E-state index in [4.69, 9.17) is 4.74 Å². The van der Waals surface area contributed by atoms with Crippen molar-refractivity contribution in [1.29, 1.82) is 0 Å². The lowest BCUT2D eigenvalue weighted by atomic mass is 9.98. The zero-order chi connectivity index (χ0) is 24.5. The summed E-state index contributed by atoms with van der Waals surface area (Å²) in [5, 5.41) is 12.2. The van der Waals surface area contributed by atoms with Gasteiger partial charge in [-0.05, 0) is 52.8 Å². The molecule has 7 heteroatoms. The first-order chi connectivity index (χ1) is 16.9. The molecule has 0 aromatic heterocycles. The number of hydrogen-bond acceptors (Lipinski definition) is 4. The number of ether oxygens (including phenoxy) is 1. The molecule has 1 heterocycles. The number of carboxylic acid groups (broad SMARTS) is 1. The Morgan fingerprint density at radius 3 is 2.23 bits per heavy atom. The lowest BCUT2D eigenvalue weighted by Gasteiger charge is -2.22. The number of carboxylic acids is 1. The zero-order valence-electron chi connectivity index (χ0n) is 20.0. The average Bonchev–Trinajstić information content (AvgIpc) is 3.55. The highest BCUT2D eigenvalue weighted by Gasteiger charge is 2.39. The molecular weight excluding hydrogens is 444 g/mol. The number of fused-ring (bicyclic) bond motifs is 3. The number of carbonyl (C=O) groups is 3. The van der Waals surface area contributed by atoms with Crippen molar-refractivity contribution in [3.63, 3.8) is 0 Å². The van der Waals surface area contributed by atoms with Crippen LogP contribution in [0.5, 0.6) is 0 Å².